The second-order valence-electron chi connectivity index (χ2n) is 14.2. The maximum Gasteiger partial charge on any atom is 0.193 e. The van der Waals surface area contributed by atoms with Crippen LogP contribution in [-0.2, 0) is 25.7 Å². The number of Topliss-reactive ketones (excluding diaryl/α,β-unsaturated/α-hetero) is 1. The summed E-state index contributed by atoms with van der Waals surface area (Å²) >= 11 is 0. The van der Waals surface area contributed by atoms with Crippen LogP contribution in [0, 0.1) is 48.2 Å². The van der Waals surface area contributed by atoms with Crippen molar-refractivity contribution in [3.8, 4) is 5.75 Å². The molecular weight excluding hydrogens is 575 g/mol. The highest BCUT2D eigenvalue weighted by molar-refractivity contribution is 6.01. The van der Waals surface area contributed by atoms with Gasteiger partial charge in [0.15, 0.2) is 35.0 Å². The molecule has 4 fully saturated rings. The molecule has 3 saturated carbocycles. The van der Waals surface area contributed by atoms with Crippen LogP contribution in [0.1, 0.15) is 68.1 Å². The van der Waals surface area contributed by atoms with Crippen LogP contribution in [0.25, 0.3) is 0 Å². The van der Waals surface area contributed by atoms with E-state index in [4.69, 9.17) is 14.2 Å². The van der Waals surface area contributed by atoms with E-state index in [-0.39, 0.29) is 47.9 Å². The number of ether oxygens (including phenoxy) is 3. The summed E-state index contributed by atoms with van der Waals surface area (Å²) in [5.74, 6) is -1.25. The van der Waals surface area contributed by atoms with Gasteiger partial charge in [0.05, 0.1) is 17.8 Å². The third-order valence-corrected chi connectivity index (χ3v) is 11.9. The smallest absolute Gasteiger partial charge is 0.193 e. The Morgan fingerprint density at radius 3 is 2.73 bits per heavy atom. The maximum atomic E-state index is 16.2. The van der Waals surface area contributed by atoms with E-state index in [1.165, 1.54) is 0 Å². The van der Waals surface area contributed by atoms with Crippen molar-refractivity contribution in [3.05, 3.63) is 88.3 Å². The summed E-state index contributed by atoms with van der Waals surface area (Å²) in [7, 11) is 0. The average molecular weight is 617 g/mol. The first-order chi connectivity index (χ1) is 21.4. The largest absolute Gasteiger partial charge is 0.486 e. The topological polar surface area (TPSA) is 102 Å². The number of aliphatic hydroxyl groups is 2. The lowest BCUT2D eigenvalue weighted by Gasteiger charge is -2.59. The maximum absolute atomic E-state index is 16.2. The van der Waals surface area contributed by atoms with Crippen molar-refractivity contribution < 1.29 is 38.4 Å². The van der Waals surface area contributed by atoms with Crippen molar-refractivity contribution in [1.29, 1.82) is 0 Å². The molecule has 0 amide bonds. The molecule has 1 aliphatic heterocycles. The molecule has 0 radical (unpaired) electrons. The van der Waals surface area contributed by atoms with Gasteiger partial charge >= 0.3 is 0 Å². The van der Waals surface area contributed by atoms with Crippen molar-refractivity contribution in [2.24, 2.45) is 28.6 Å². The Balaban J connectivity index is 1.21. The molecule has 45 heavy (non-hydrogen) atoms. The van der Waals surface area contributed by atoms with E-state index in [1.54, 1.807) is 31.2 Å². The van der Waals surface area contributed by atoms with Crippen LogP contribution in [0.2, 0.25) is 0 Å². The number of carbonyl (C=O) groups excluding carboxylic acids is 2. The van der Waals surface area contributed by atoms with Crippen LogP contribution in [0.15, 0.2) is 60.2 Å². The summed E-state index contributed by atoms with van der Waals surface area (Å²) in [4.78, 5) is 26.1. The zero-order valence-electron chi connectivity index (χ0n) is 26.2. The van der Waals surface area contributed by atoms with E-state index >= 15 is 4.39 Å². The summed E-state index contributed by atoms with van der Waals surface area (Å²) in [6, 6.07) is 11.1. The Labute approximate surface area is 263 Å². The number of aryl methyl sites for hydroxylation is 2. The van der Waals surface area contributed by atoms with Crippen LogP contribution >= 0.6 is 0 Å². The van der Waals surface area contributed by atoms with Crippen LogP contribution in [0.4, 0.5) is 4.39 Å². The van der Waals surface area contributed by atoms with E-state index in [9.17, 15) is 19.8 Å². The van der Waals surface area contributed by atoms with Gasteiger partial charge in [0.25, 0.3) is 0 Å². The molecule has 7 rings (SSSR count). The van der Waals surface area contributed by atoms with Gasteiger partial charge in [-0.2, -0.15) is 0 Å². The monoisotopic (exact) mass is 616 g/mol. The fourth-order valence-electron chi connectivity index (χ4n) is 9.85. The molecule has 2 aromatic carbocycles. The van der Waals surface area contributed by atoms with Crippen LogP contribution in [0.3, 0.4) is 0 Å². The first-order valence-electron chi connectivity index (χ1n) is 16.0. The Morgan fingerprint density at radius 2 is 1.98 bits per heavy atom. The predicted octanol–water partition coefficient (Wildman–Crippen LogP) is 5.62. The van der Waals surface area contributed by atoms with Gasteiger partial charge in [0, 0.05) is 16.7 Å². The van der Waals surface area contributed by atoms with E-state index in [2.05, 4.69) is 6.92 Å². The van der Waals surface area contributed by atoms with Crippen molar-refractivity contribution in [2.45, 2.75) is 84.1 Å². The number of benzene rings is 2. The highest BCUT2D eigenvalue weighted by Gasteiger charge is 2.76. The molecule has 5 aliphatic rings. The minimum atomic E-state index is -1.56. The number of ketones is 2. The molecular formula is C37H41FO7. The summed E-state index contributed by atoms with van der Waals surface area (Å²) in [6.45, 7) is 7.24. The Hall–Kier alpha value is -3.17. The number of fused-ring (bicyclic) bond motifs is 7. The van der Waals surface area contributed by atoms with Crippen LogP contribution < -0.4 is 4.74 Å². The zero-order valence-corrected chi connectivity index (χ0v) is 26.2. The lowest BCUT2D eigenvalue weighted by molar-refractivity contribution is -0.201. The number of hydrogen-bond donors (Lipinski definition) is 2. The number of rotatable bonds is 6. The summed E-state index contributed by atoms with van der Waals surface area (Å²) < 4.78 is 35.3. The standard InChI is InChI=1S/C37H41FO7/c1-20-6-5-7-22(14-20)19-43-28-11-8-21(2)31(33(28)38)34-44-30-16-26-25-10-9-23-15-24(40)12-13-35(23,3)32(25)27(41)17-36(26,4)37(30,45-34)29(42)18-39/h5-8,11-15,25-27,30,32,34,39,41H,9-10,16-19H2,1-4H3/t25-,26-,27-,30+,32+,34-,35-,36-,37+/m0/s1. The number of halogens is 1. The molecule has 238 valence electrons. The number of allylic oxidation sites excluding steroid dienone is 4. The van der Waals surface area contributed by atoms with E-state index in [0.29, 0.717) is 12.0 Å². The lowest BCUT2D eigenvalue weighted by Crippen LogP contribution is -2.63. The highest BCUT2D eigenvalue weighted by Crippen LogP contribution is 2.70. The minimum absolute atomic E-state index is 0.0287. The third kappa shape index (κ3) is 4.36. The average Bonchev–Trinajstić information content (AvgIpc) is 3.49. The molecule has 4 aliphatic carbocycles. The number of aliphatic hydroxyl groups excluding tert-OH is 2. The Kier molecular flexibility index (Phi) is 7.24. The van der Waals surface area contributed by atoms with E-state index in [0.717, 1.165) is 29.5 Å². The normalized spacial score (nSPS) is 38.2. The molecule has 0 spiro atoms. The van der Waals surface area contributed by atoms with E-state index in [1.807, 2.05) is 44.2 Å². The number of hydrogen-bond acceptors (Lipinski definition) is 7. The minimum Gasteiger partial charge on any atom is -0.486 e. The van der Waals surface area contributed by atoms with Gasteiger partial charge < -0.3 is 24.4 Å². The highest BCUT2D eigenvalue weighted by atomic mass is 19.1. The van der Waals surface area contributed by atoms with Gasteiger partial charge in [-0.1, -0.05) is 61.4 Å². The lowest BCUT2D eigenvalue weighted by atomic mass is 9.46. The van der Waals surface area contributed by atoms with Gasteiger partial charge in [-0.25, -0.2) is 4.39 Å². The van der Waals surface area contributed by atoms with Gasteiger partial charge in [-0.15, -0.1) is 0 Å². The second kappa shape index (κ2) is 10.7. The summed E-state index contributed by atoms with van der Waals surface area (Å²) in [5, 5.41) is 22.1. The molecule has 9 atom stereocenters. The van der Waals surface area contributed by atoms with Crippen molar-refractivity contribution in [1.82, 2.24) is 0 Å². The Morgan fingerprint density at radius 1 is 1.18 bits per heavy atom. The zero-order chi connectivity index (χ0) is 31.9. The first kappa shape index (κ1) is 30.5. The van der Waals surface area contributed by atoms with Gasteiger partial charge in [0.2, 0.25) is 0 Å². The molecule has 7 nitrogen and oxygen atoms in total. The summed E-state index contributed by atoms with van der Waals surface area (Å²) in [5.41, 5.74) is 0.897. The molecule has 2 N–H and O–H groups in total. The van der Waals surface area contributed by atoms with Gasteiger partial charge in [-0.3, -0.25) is 9.59 Å². The SMILES string of the molecule is Cc1cccc(COc2ccc(C)c([C@H]3O[C@@H]4C[C@H]5[C@@H]6CCC7=CC(=O)C=C[C@]7(C)[C@H]6[C@@H](O)C[C@]5(C)[C@]4(C(=O)CO)O3)c2F)c1. The van der Waals surface area contributed by atoms with Crippen molar-refractivity contribution in [3.63, 3.8) is 0 Å². The second-order valence-corrected chi connectivity index (χ2v) is 14.2. The Bertz CT molecular complexity index is 1630. The molecule has 1 heterocycles. The summed E-state index contributed by atoms with van der Waals surface area (Å²) in [6.07, 6.45) is 4.77. The van der Waals surface area contributed by atoms with E-state index < -0.39 is 53.1 Å². The van der Waals surface area contributed by atoms with Crippen LogP contribution in [-0.4, -0.2) is 46.2 Å². The fraction of sp³-hybridized carbons (Fsp3) is 0.514. The first-order valence-corrected chi connectivity index (χ1v) is 16.0. The fourth-order valence-corrected chi connectivity index (χ4v) is 9.85. The third-order valence-electron chi connectivity index (χ3n) is 11.9. The van der Waals surface area contributed by atoms with Gasteiger partial charge in [-0.05, 0) is 80.7 Å². The quantitative estimate of drug-likeness (QED) is 0.434. The predicted molar refractivity (Wildman–Crippen MR) is 164 cm³/mol. The molecule has 0 aromatic heterocycles. The van der Waals surface area contributed by atoms with Gasteiger partial charge in [0.1, 0.15) is 13.2 Å². The molecule has 8 heteroatoms. The molecule has 1 saturated heterocycles. The van der Waals surface area contributed by atoms with Crippen molar-refractivity contribution in [2.75, 3.05) is 6.61 Å². The molecule has 0 bridgehead atoms. The van der Waals surface area contributed by atoms with Crippen molar-refractivity contribution >= 4 is 11.6 Å². The molecule has 2 aromatic rings. The molecule has 0 unspecified atom stereocenters. The number of carbonyl (C=O) groups is 2. The van der Waals surface area contributed by atoms with Crippen LogP contribution in [0.5, 0.6) is 5.75 Å².